The highest BCUT2D eigenvalue weighted by Crippen LogP contribution is 2.28. The normalized spacial score (nSPS) is 16.4. The first-order valence-corrected chi connectivity index (χ1v) is 9.03. The van der Waals surface area contributed by atoms with Gasteiger partial charge in [0.05, 0.1) is 18.3 Å². The molecule has 8 nitrogen and oxygen atoms in total. The Balaban J connectivity index is 2.03. The number of aromatic nitrogens is 4. The topological polar surface area (TPSA) is 77.4 Å². The van der Waals surface area contributed by atoms with Crippen LogP contribution in [0, 0.1) is 5.82 Å². The number of hydrazone groups is 1. The van der Waals surface area contributed by atoms with Crippen molar-refractivity contribution >= 4 is 34.4 Å². The van der Waals surface area contributed by atoms with Crippen LogP contribution in [0.3, 0.4) is 0 Å². The molecule has 0 radical (unpaired) electrons. The maximum atomic E-state index is 14.2. The molecule has 0 saturated heterocycles. The molecule has 0 bridgehead atoms. The Kier molecular flexibility index (Phi) is 4.15. The van der Waals surface area contributed by atoms with Crippen molar-refractivity contribution in [2.45, 2.75) is 26.4 Å². The molecule has 0 fully saturated rings. The summed E-state index contributed by atoms with van der Waals surface area (Å²) in [5.74, 6) is -0.116. The Morgan fingerprint density at radius 2 is 1.96 bits per heavy atom. The van der Waals surface area contributed by atoms with Crippen molar-refractivity contribution < 1.29 is 4.39 Å². The van der Waals surface area contributed by atoms with E-state index in [1.165, 1.54) is 29.8 Å². The second kappa shape index (κ2) is 6.30. The number of nitrogens with zero attached hydrogens (tertiary/aromatic N) is 6. The Morgan fingerprint density at radius 3 is 2.64 bits per heavy atom. The highest BCUT2D eigenvalue weighted by Gasteiger charge is 2.29. The second-order valence-corrected chi connectivity index (χ2v) is 7.24. The molecule has 0 saturated carbocycles. The van der Waals surface area contributed by atoms with Crippen LogP contribution in [0.25, 0.3) is 11.2 Å². The fraction of sp³-hybridized carbons (Fsp3) is 0.333. The summed E-state index contributed by atoms with van der Waals surface area (Å²) in [6.07, 6.45) is 0. The number of anilines is 1. The molecule has 0 aliphatic carbocycles. The summed E-state index contributed by atoms with van der Waals surface area (Å²) in [5, 5.41) is 6.12. The first-order valence-electron chi connectivity index (χ1n) is 8.65. The summed E-state index contributed by atoms with van der Waals surface area (Å²) in [6, 6.07) is 4.02. The van der Waals surface area contributed by atoms with Gasteiger partial charge in [0, 0.05) is 24.7 Å². The molecule has 1 aliphatic rings. The molecule has 3 heterocycles. The van der Waals surface area contributed by atoms with Crippen molar-refractivity contribution in [2.75, 3.05) is 12.1 Å². The van der Waals surface area contributed by atoms with Crippen molar-refractivity contribution in [1.82, 2.24) is 18.7 Å². The van der Waals surface area contributed by atoms with Crippen molar-refractivity contribution in [1.29, 1.82) is 0 Å². The van der Waals surface area contributed by atoms with Gasteiger partial charge in [-0.15, -0.1) is 0 Å². The number of rotatable bonds is 2. The van der Waals surface area contributed by atoms with Crippen molar-refractivity contribution in [3.63, 3.8) is 0 Å². The zero-order chi connectivity index (χ0) is 20.3. The maximum absolute atomic E-state index is 14.2. The number of hydrogen-bond acceptors (Lipinski definition) is 5. The lowest BCUT2D eigenvalue weighted by Gasteiger charge is -2.26. The molecule has 10 heteroatoms. The SMILES string of the molecule is CC1=NN(C)c2nc3c(c(=O)n(Cc4c(F)cccc4Cl)c(=O)n3C)n2[C@@H]1C. The van der Waals surface area contributed by atoms with Gasteiger partial charge in [0.25, 0.3) is 5.56 Å². The predicted octanol–water partition coefficient (Wildman–Crippen LogP) is 2.12. The Bertz CT molecular complexity index is 1250. The summed E-state index contributed by atoms with van der Waals surface area (Å²) in [7, 11) is 3.25. The quantitative estimate of drug-likeness (QED) is 0.655. The monoisotopic (exact) mass is 404 g/mol. The highest BCUT2D eigenvalue weighted by atomic mass is 35.5. The third-order valence-corrected chi connectivity index (χ3v) is 5.48. The van der Waals surface area contributed by atoms with E-state index in [0.717, 1.165) is 10.3 Å². The van der Waals surface area contributed by atoms with Gasteiger partial charge < -0.3 is 0 Å². The summed E-state index contributed by atoms with van der Waals surface area (Å²) < 4.78 is 18.3. The first-order chi connectivity index (χ1) is 13.2. The van der Waals surface area contributed by atoms with Crippen LogP contribution in [0.15, 0.2) is 32.9 Å². The molecule has 28 heavy (non-hydrogen) atoms. The average molecular weight is 405 g/mol. The van der Waals surface area contributed by atoms with Gasteiger partial charge in [-0.1, -0.05) is 17.7 Å². The van der Waals surface area contributed by atoms with E-state index in [4.69, 9.17) is 11.6 Å². The molecule has 0 N–H and O–H groups in total. The number of benzene rings is 1. The third kappa shape index (κ3) is 2.50. The summed E-state index contributed by atoms with van der Waals surface area (Å²) in [4.78, 5) is 30.6. The summed E-state index contributed by atoms with van der Waals surface area (Å²) >= 11 is 6.09. The fourth-order valence-electron chi connectivity index (χ4n) is 3.46. The number of fused-ring (bicyclic) bond motifs is 3. The summed E-state index contributed by atoms with van der Waals surface area (Å²) in [5.41, 5.74) is 0.254. The van der Waals surface area contributed by atoms with E-state index >= 15 is 0 Å². The minimum Gasteiger partial charge on any atom is -0.294 e. The van der Waals surface area contributed by atoms with E-state index in [2.05, 4.69) is 10.1 Å². The zero-order valence-electron chi connectivity index (χ0n) is 15.8. The minimum absolute atomic E-state index is 0.0870. The maximum Gasteiger partial charge on any atom is 0.332 e. The molecule has 2 aromatic heterocycles. The Labute approximate surface area is 164 Å². The predicted molar refractivity (Wildman–Crippen MR) is 106 cm³/mol. The molecule has 1 atom stereocenters. The average Bonchev–Trinajstić information content (AvgIpc) is 3.05. The van der Waals surface area contributed by atoms with Gasteiger partial charge in [0.1, 0.15) is 5.82 Å². The third-order valence-electron chi connectivity index (χ3n) is 5.12. The number of hydrogen-bond donors (Lipinski definition) is 0. The number of halogens is 2. The van der Waals surface area contributed by atoms with Crippen LogP contribution in [0.4, 0.5) is 10.3 Å². The van der Waals surface area contributed by atoms with E-state index in [-0.39, 0.29) is 34.3 Å². The highest BCUT2D eigenvalue weighted by molar-refractivity contribution is 6.31. The fourth-order valence-corrected chi connectivity index (χ4v) is 3.68. The smallest absolute Gasteiger partial charge is 0.294 e. The van der Waals surface area contributed by atoms with Crippen LogP contribution in [0.2, 0.25) is 5.02 Å². The van der Waals surface area contributed by atoms with Gasteiger partial charge in [-0.3, -0.25) is 18.5 Å². The van der Waals surface area contributed by atoms with Crippen LogP contribution >= 0.6 is 11.6 Å². The largest absolute Gasteiger partial charge is 0.332 e. The molecular formula is C18H18ClFN6O2. The van der Waals surface area contributed by atoms with E-state index in [1.54, 1.807) is 16.6 Å². The first kappa shape index (κ1) is 18.4. The van der Waals surface area contributed by atoms with Gasteiger partial charge in [-0.25, -0.2) is 14.2 Å². The molecule has 1 aromatic carbocycles. The van der Waals surface area contributed by atoms with E-state index in [1.807, 2.05) is 13.8 Å². The van der Waals surface area contributed by atoms with Crippen molar-refractivity contribution in [3.05, 3.63) is 55.4 Å². The lowest BCUT2D eigenvalue weighted by molar-refractivity contribution is 0.581. The molecule has 0 amide bonds. The van der Waals surface area contributed by atoms with E-state index in [9.17, 15) is 14.0 Å². The van der Waals surface area contributed by atoms with Gasteiger partial charge in [0.2, 0.25) is 5.95 Å². The number of imidazole rings is 1. The molecule has 0 spiro atoms. The van der Waals surface area contributed by atoms with Crippen LogP contribution in [-0.2, 0) is 13.6 Å². The van der Waals surface area contributed by atoms with Crippen molar-refractivity contribution in [2.24, 2.45) is 12.1 Å². The van der Waals surface area contributed by atoms with Gasteiger partial charge >= 0.3 is 5.69 Å². The zero-order valence-corrected chi connectivity index (χ0v) is 16.5. The van der Waals surface area contributed by atoms with Gasteiger partial charge in [-0.2, -0.15) is 10.1 Å². The van der Waals surface area contributed by atoms with E-state index < -0.39 is 17.1 Å². The Morgan fingerprint density at radius 1 is 1.25 bits per heavy atom. The van der Waals surface area contributed by atoms with Gasteiger partial charge in [0.15, 0.2) is 11.2 Å². The molecule has 146 valence electrons. The molecule has 1 aliphatic heterocycles. The minimum atomic E-state index is -0.597. The van der Waals surface area contributed by atoms with Crippen molar-refractivity contribution in [3.8, 4) is 0 Å². The van der Waals surface area contributed by atoms with E-state index in [0.29, 0.717) is 5.95 Å². The van der Waals surface area contributed by atoms with Crippen LogP contribution in [0.1, 0.15) is 25.5 Å². The lowest BCUT2D eigenvalue weighted by Crippen LogP contribution is -2.40. The second-order valence-electron chi connectivity index (χ2n) is 6.83. The standard InChI is InChI=1S/C18H18ClFN6O2/c1-9-10(2)26-14-15(21-17(26)24(4)22-9)23(3)18(28)25(16(14)27)8-11-12(19)6-5-7-13(11)20/h5-7,10H,8H2,1-4H3/t10-/m1/s1. The van der Waals surface area contributed by atoms with Crippen LogP contribution < -0.4 is 16.3 Å². The molecule has 4 rings (SSSR count). The summed E-state index contributed by atoms with van der Waals surface area (Å²) in [6.45, 7) is 3.49. The molecular weight excluding hydrogens is 387 g/mol. The molecule has 3 aromatic rings. The lowest BCUT2D eigenvalue weighted by atomic mass is 10.2. The molecule has 0 unspecified atom stereocenters. The van der Waals surface area contributed by atoms with Crippen LogP contribution in [-0.4, -0.2) is 31.4 Å². The van der Waals surface area contributed by atoms with Gasteiger partial charge in [-0.05, 0) is 26.0 Å². The number of aryl methyl sites for hydroxylation is 1. The van der Waals surface area contributed by atoms with Crippen LogP contribution in [0.5, 0.6) is 0 Å². The Hall–Kier alpha value is -2.94.